The van der Waals surface area contributed by atoms with Crippen molar-refractivity contribution in [1.29, 1.82) is 0 Å². The Labute approximate surface area is 142 Å². The van der Waals surface area contributed by atoms with Gasteiger partial charge in [-0.05, 0) is 43.9 Å². The number of carbonyl (C=O) groups excluding carboxylic acids is 1. The predicted octanol–water partition coefficient (Wildman–Crippen LogP) is 3.13. The number of hydrogen-bond donors (Lipinski definition) is 1. The van der Waals surface area contributed by atoms with Gasteiger partial charge in [-0.15, -0.1) is 0 Å². The van der Waals surface area contributed by atoms with Gasteiger partial charge in [0.15, 0.2) is 5.78 Å². The molecule has 0 aromatic heterocycles. The number of benzene rings is 1. The molecule has 4 rings (SSSR count). The molecule has 5 atom stereocenters. The average Bonchev–Trinajstić information content (AvgIpc) is 3.13. The number of allylic oxidation sites excluding steroid dienone is 1. The van der Waals surface area contributed by atoms with E-state index in [2.05, 4.69) is 12.1 Å². The molecule has 2 aliphatic heterocycles. The first-order valence-corrected chi connectivity index (χ1v) is 8.64. The second-order valence-corrected chi connectivity index (χ2v) is 7.54. The van der Waals surface area contributed by atoms with Crippen molar-refractivity contribution >= 4 is 11.4 Å². The number of methoxy groups -OCH3 is 1. The van der Waals surface area contributed by atoms with Crippen molar-refractivity contribution in [2.45, 2.75) is 39.4 Å². The molecule has 3 aliphatic rings. The van der Waals surface area contributed by atoms with Crippen LogP contribution in [-0.4, -0.2) is 36.8 Å². The lowest BCUT2D eigenvalue weighted by Gasteiger charge is -2.26. The van der Waals surface area contributed by atoms with Crippen molar-refractivity contribution in [2.24, 2.45) is 17.8 Å². The first-order valence-electron chi connectivity index (χ1n) is 8.64. The predicted molar refractivity (Wildman–Crippen MR) is 90.8 cm³/mol. The molecule has 24 heavy (non-hydrogen) atoms. The molecular formula is C20H24O4. The quantitative estimate of drug-likeness (QED) is 0.926. The number of rotatable bonds is 3. The highest BCUT2D eigenvalue weighted by atomic mass is 16.5. The summed E-state index contributed by atoms with van der Waals surface area (Å²) < 4.78 is 11.3. The van der Waals surface area contributed by atoms with Gasteiger partial charge in [0.05, 0.1) is 36.2 Å². The van der Waals surface area contributed by atoms with Gasteiger partial charge in [-0.1, -0.05) is 17.7 Å². The van der Waals surface area contributed by atoms with Crippen molar-refractivity contribution < 1.29 is 19.4 Å². The molecule has 1 N–H and O–H groups in total. The van der Waals surface area contributed by atoms with Crippen LogP contribution in [0.4, 0.5) is 0 Å². The number of hydrogen-bond acceptors (Lipinski definition) is 4. The van der Waals surface area contributed by atoms with E-state index in [4.69, 9.17) is 9.47 Å². The second-order valence-electron chi connectivity index (χ2n) is 7.54. The number of carbonyl (C=O) groups is 1. The van der Waals surface area contributed by atoms with Gasteiger partial charge < -0.3 is 14.6 Å². The minimum absolute atomic E-state index is 0.0518. The summed E-state index contributed by atoms with van der Waals surface area (Å²) in [6, 6.07) is 4.14. The smallest absolute Gasteiger partial charge is 0.173 e. The molecule has 0 spiro atoms. The zero-order valence-corrected chi connectivity index (χ0v) is 14.6. The van der Waals surface area contributed by atoms with Gasteiger partial charge in [0.2, 0.25) is 0 Å². The highest BCUT2D eigenvalue weighted by Crippen LogP contribution is 2.55. The molecule has 0 saturated carbocycles. The molecule has 1 aromatic rings. The molecule has 1 aliphatic carbocycles. The van der Waals surface area contributed by atoms with Gasteiger partial charge in [-0.2, -0.15) is 0 Å². The summed E-state index contributed by atoms with van der Waals surface area (Å²) in [5.74, 6) is 0.116. The van der Waals surface area contributed by atoms with E-state index in [9.17, 15) is 9.90 Å². The van der Waals surface area contributed by atoms with Crippen LogP contribution in [0, 0.1) is 38.5 Å². The van der Waals surface area contributed by atoms with Crippen LogP contribution in [0.25, 0.3) is 5.57 Å². The maximum absolute atomic E-state index is 13.1. The van der Waals surface area contributed by atoms with Crippen LogP contribution in [0.1, 0.15) is 28.7 Å². The van der Waals surface area contributed by atoms with E-state index in [1.165, 1.54) is 5.56 Å². The Balaban J connectivity index is 1.79. The third-order valence-corrected chi connectivity index (χ3v) is 5.90. The molecule has 4 heteroatoms. The van der Waals surface area contributed by atoms with E-state index in [0.717, 1.165) is 23.1 Å². The zero-order chi connectivity index (χ0) is 17.2. The molecule has 128 valence electrons. The summed E-state index contributed by atoms with van der Waals surface area (Å²) in [5.41, 5.74) is 4.69. The van der Waals surface area contributed by atoms with Crippen LogP contribution in [0.15, 0.2) is 17.9 Å². The summed E-state index contributed by atoms with van der Waals surface area (Å²) in [5, 5.41) is 10.9. The first kappa shape index (κ1) is 15.9. The fourth-order valence-electron chi connectivity index (χ4n) is 5.17. The van der Waals surface area contributed by atoms with Gasteiger partial charge in [0.25, 0.3) is 0 Å². The lowest BCUT2D eigenvalue weighted by atomic mass is 9.75. The van der Waals surface area contributed by atoms with Crippen molar-refractivity contribution in [1.82, 2.24) is 0 Å². The van der Waals surface area contributed by atoms with E-state index in [1.54, 1.807) is 7.11 Å². The molecule has 2 saturated heterocycles. The Morgan fingerprint density at radius 3 is 2.50 bits per heavy atom. The Morgan fingerprint density at radius 1 is 1.21 bits per heavy atom. The lowest BCUT2D eigenvalue weighted by Crippen LogP contribution is -2.36. The first-order chi connectivity index (χ1) is 11.4. The molecule has 1 aromatic carbocycles. The summed E-state index contributed by atoms with van der Waals surface area (Å²) in [7, 11) is 1.68. The monoisotopic (exact) mass is 328 g/mol. The fourth-order valence-corrected chi connectivity index (χ4v) is 5.17. The second kappa shape index (κ2) is 5.43. The van der Waals surface area contributed by atoms with Crippen LogP contribution in [-0.2, 0) is 14.3 Å². The van der Waals surface area contributed by atoms with Crippen LogP contribution < -0.4 is 0 Å². The van der Waals surface area contributed by atoms with Crippen molar-refractivity contribution in [3.63, 3.8) is 0 Å². The highest BCUT2D eigenvalue weighted by molar-refractivity contribution is 6.26. The maximum Gasteiger partial charge on any atom is 0.173 e. The molecule has 0 amide bonds. The topological polar surface area (TPSA) is 55.8 Å². The Kier molecular flexibility index (Phi) is 3.59. The third kappa shape index (κ3) is 2.02. The highest BCUT2D eigenvalue weighted by Gasteiger charge is 2.62. The van der Waals surface area contributed by atoms with Gasteiger partial charge in [-0.3, -0.25) is 4.79 Å². The van der Waals surface area contributed by atoms with E-state index >= 15 is 0 Å². The minimum Gasteiger partial charge on any atom is -0.511 e. The van der Waals surface area contributed by atoms with Crippen molar-refractivity contribution in [2.75, 3.05) is 13.7 Å². The maximum atomic E-state index is 13.1. The lowest BCUT2D eigenvalue weighted by molar-refractivity contribution is -0.118. The molecule has 2 fully saturated rings. The van der Waals surface area contributed by atoms with Crippen molar-refractivity contribution in [3.8, 4) is 0 Å². The molecule has 2 heterocycles. The van der Waals surface area contributed by atoms with Gasteiger partial charge in [0.1, 0.15) is 5.76 Å². The Hall–Kier alpha value is -1.65. The molecule has 0 unspecified atom stereocenters. The number of aliphatic hydroxyl groups excluding tert-OH is 1. The van der Waals surface area contributed by atoms with Crippen LogP contribution >= 0.6 is 0 Å². The Bertz CT molecular complexity index is 725. The van der Waals surface area contributed by atoms with Crippen LogP contribution in [0.3, 0.4) is 0 Å². The van der Waals surface area contributed by atoms with Gasteiger partial charge in [0, 0.05) is 13.0 Å². The number of ether oxygens (including phenoxy) is 2. The zero-order valence-electron chi connectivity index (χ0n) is 14.6. The van der Waals surface area contributed by atoms with E-state index in [0.29, 0.717) is 12.2 Å². The molecular weight excluding hydrogens is 304 g/mol. The summed E-state index contributed by atoms with van der Waals surface area (Å²) in [6.07, 6.45) is 0.656. The number of Topliss-reactive ketones (excluding diaryl/α,β-unsaturated/α-hetero) is 1. The average molecular weight is 328 g/mol. The number of aliphatic hydroxyl groups is 1. The summed E-state index contributed by atoms with van der Waals surface area (Å²) >= 11 is 0. The SMILES string of the molecule is COC[C@H]1C[C@@H]2O[C@H]1[C@H]1C(O)=C(c3c(C)cc(C)cc3C)C(=O)[C@H]12. The summed E-state index contributed by atoms with van der Waals surface area (Å²) in [4.78, 5) is 13.1. The van der Waals surface area contributed by atoms with E-state index < -0.39 is 0 Å². The molecule has 4 nitrogen and oxygen atoms in total. The van der Waals surface area contributed by atoms with Crippen LogP contribution in [0.5, 0.6) is 0 Å². The van der Waals surface area contributed by atoms with Crippen molar-refractivity contribution in [3.05, 3.63) is 40.1 Å². The largest absolute Gasteiger partial charge is 0.511 e. The summed E-state index contributed by atoms with van der Waals surface area (Å²) in [6.45, 7) is 6.68. The number of ketones is 1. The third-order valence-electron chi connectivity index (χ3n) is 5.90. The standard InChI is InChI=1S/C20H24O4/c1-9-5-10(2)14(11(3)6-9)16-18(21)15-13-7-12(8-23-4)20(24-13)17(15)19(16)22/h5-6,12-13,15,17,20,22H,7-8H2,1-4H3/t12-,13+,15+,17-,20-/m1/s1. The number of fused-ring (bicyclic) bond motifs is 5. The molecule has 2 bridgehead atoms. The van der Waals surface area contributed by atoms with E-state index in [1.807, 2.05) is 20.8 Å². The van der Waals surface area contributed by atoms with Gasteiger partial charge in [-0.25, -0.2) is 0 Å². The minimum atomic E-state index is -0.224. The Morgan fingerprint density at radius 2 is 1.88 bits per heavy atom. The normalized spacial score (nSPS) is 34.3. The van der Waals surface area contributed by atoms with Crippen LogP contribution in [0.2, 0.25) is 0 Å². The number of aryl methyl sites for hydroxylation is 3. The fraction of sp³-hybridized carbons (Fsp3) is 0.550. The molecule has 0 radical (unpaired) electrons. The van der Waals surface area contributed by atoms with E-state index in [-0.39, 0.29) is 41.5 Å². The van der Waals surface area contributed by atoms with Gasteiger partial charge >= 0.3 is 0 Å².